The lowest BCUT2D eigenvalue weighted by Gasteiger charge is -2.05. The van der Waals surface area contributed by atoms with Gasteiger partial charge < -0.3 is 5.32 Å². The Hall–Kier alpha value is -0.110. The molecule has 52 valence electrons. The molecule has 0 amide bonds. The highest BCUT2D eigenvalue weighted by Crippen LogP contribution is 1.99. The zero-order chi connectivity index (χ0) is 5.86. The van der Waals surface area contributed by atoms with Crippen LogP contribution in [0.15, 0.2) is 12.3 Å². The normalized spacial score (nSPS) is 8.00. The second-order valence-electron chi connectivity index (χ2n) is 1.93. The first kappa shape index (κ1) is 10.8. The molecule has 0 atom stereocenters. The molecule has 0 aliphatic carbocycles. The number of allylic oxidation sites excluding steroid dienone is 1. The highest BCUT2D eigenvalue weighted by Gasteiger charge is 1.92. The van der Waals surface area contributed by atoms with Crippen LogP contribution in [-0.4, -0.2) is 7.05 Å². The molecule has 0 aromatic heterocycles. The molecule has 0 aromatic rings. The van der Waals surface area contributed by atoms with Crippen LogP contribution in [0, 0.1) is 5.92 Å². The maximum absolute atomic E-state index is 3.76. The van der Waals surface area contributed by atoms with Crippen LogP contribution in [-0.2, 0) is 0 Å². The summed E-state index contributed by atoms with van der Waals surface area (Å²) in [6.07, 6.45) is 0. The smallest absolute Gasteiger partial charge is 0.00570 e. The van der Waals surface area contributed by atoms with Gasteiger partial charge in [-0.05, 0) is 5.92 Å². The Labute approximate surface area is 60.1 Å². The summed E-state index contributed by atoms with van der Waals surface area (Å²) >= 11 is 0. The van der Waals surface area contributed by atoms with Gasteiger partial charge in [0.25, 0.3) is 0 Å². The van der Waals surface area contributed by atoms with E-state index in [0.29, 0.717) is 5.92 Å². The molecular weight excluding hydrogens is 118 g/mol. The molecule has 0 unspecified atom stereocenters. The molecule has 0 saturated carbocycles. The first-order chi connectivity index (χ1) is 3.18. The Kier molecular flexibility index (Phi) is 6.80. The fraction of sp³-hybridized carbons (Fsp3) is 0.667. The average molecular weight is 135 g/mol. The Morgan fingerprint density at radius 3 is 2.00 bits per heavy atom. The minimum Gasteiger partial charge on any atom is -0.392 e. The van der Waals surface area contributed by atoms with Gasteiger partial charge in [0.05, 0.1) is 0 Å². The maximum Gasteiger partial charge on any atom is 0.00570 e. The molecule has 0 fully saturated rings. The van der Waals surface area contributed by atoms with Gasteiger partial charge in [-0.25, -0.2) is 0 Å². The predicted octanol–water partition coefficient (Wildman–Crippen LogP) is 1.73. The molecule has 0 rings (SSSR count). The van der Waals surface area contributed by atoms with Gasteiger partial charge >= 0.3 is 0 Å². The van der Waals surface area contributed by atoms with Crippen molar-refractivity contribution in [2.45, 2.75) is 13.8 Å². The lowest BCUT2D eigenvalue weighted by Crippen LogP contribution is -2.09. The van der Waals surface area contributed by atoms with Crippen molar-refractivity contribution in [1.82, 2.24) is 5.32 Å². The van der Waals surface area contributed by atoms with E-state index in [0.717, 1.165) is 5.70 Å². The molecule has 0 saturated heterocycles. The van der Waals surface area contributed by atoms with Gasteiger partial charge in [0.15, 0.2) is 0 Å². The Morgan fingerprint density at radius 2 is 2.00 bits per heavy atom. The van der Waals surface area contributed by atoms with Gasteiger partial charge in [0.2, 0.25) is 0 Å². The molecule has 2 heteroatoms. The SMILES string of the molecule is C=C(NC)C(C)C.S.[HH]. The second-order valence-corrected chi connectivity index (χ2v) is 1.93. The van der Waals surface area contributed by atoms with Crippen LogP contribution in [0.1, 0.15) is 15.3 Å². The third-order valence-electron chi connectivity index (χ3n) is 1.02. The molecule has 1 nitrogen and oxygen atoms in total. The zero-order valence-electron chi connectivity index (χ0n) is 5.78. The van der Waals surface area contributed by atoms with E-state index in [1.807, 2.05) is 7.05 Å². The molecule has 1 N–H and O–H groups in total. The van der Waals surface area contributed by atoms with E-state index in [9.17, 15) is 0 Å². The molecule has 0 aliphatic rings. The van der Waals surface area contributed by atoms with E-state index >= 15 is 0 Å². The van der Waals surface area contributed by atoms with Gasteiger partial charge in [-0.15, -0.1) is 0 Å². The lowest BCUT2D eigenvalue weighted by atomic mass is 10.2. The monoisotopic (exact) mass is 135 g/mol. The average Bonchev–Trinajstić information content (AvgIpc) is 1.65. The highest BCUT2D eigenvalue weighted by molar-refractivity contribution is 7.59. The minimum absolute atomic E-state index is 0. The van der Waals surface area contributed by atoms with Crippen LogP contribution >= 0.6 is 13.5 Å². The molecule has 0 aliphatic heterocycles. The number of rotatable bonds is 2. The van der Waals surface area contributed by atoms with Crippen LogP contribution in [0.25, 0.3) is 0 Å². The summed E-state index contributed by atoms with van der Waals surface area (Å²) in [6.45, 7) is 7.98. The van der Waals surface area contributed by atoms with Gasteiger partial charge in [-0.2, -0.15) is 13.5 Å². The number of hydrogen-bond donors (Lipinski definition) is 1. The molecule has 0 spiro atoms. The summed E-state index contributed by atoms with van der Waals surface area (Å²) in [5.41, 5.74) is 1.10. The van der Waals surface area contributed by atoms with E-state index in [4.69, 9.17) is 0 Å². The van der Waals surface area contributed by atoms with Crippen LogP contribution in [0.3, 0.4) is 0 Å². The molecule has 0 bridgehead atoms. The lowest BCUT2D eigenvalue weighted by molar-refractivity contribution is 0.704. The Morgan fingerprint density at radius 1 is 1.62 bits per heavy atom. The predicted molar refractivity (Wildman–Crippen MR) is 45.5 cm³/mol. The Bertz CT molecular complexity index is 73.5. The summed E-state index contributed by atoms with van der Waals surface area (Å²) in [7, 11) is 1.89. The number of nitrogens with one attached hydrogen (secondary N) is 1. The number of hydrogen-bond acceptors (Lipinski definition) is 1. The van der Waals surface area contributed by atoms with Crippen molar-refractivity contribution >= 4 is 13.5 Å². The summed E-state index contributed by atoms with van der Waals surface area (Å²) in [6, 6.07) is 0. The molecular formula is C6H17NS. The van der Waals surface area contributed by atoms with Gasteiger partial charge in [-0.1, -0.05) is 20.4 Å². The van der Waals surface area contributed by atoms with Crippen LogP contribution in [0.2, 0.25) is 0 Å². The Balaban J connectivity index is -0.000000180. The first-order valence-corrected chi connectivity index (χ1v) is 2.55. The van der Waals surface area contributed by atoms with Gasteiger partial charge in [-0.3, -0.25) is 0 Å². The van der Waals surface area contributed by atoms with Crippen molar-refractivity contribution in [2.24, 2.45) is 5.92 Å². The highest BCUT2D eigenvalue weighted by atomic mass is 32.1. The fourth-order valence-corrected chi connectivity index (χ4v) is 0.289. The third-order valence-corrected chi connectivity index (χ3v) is 1.02. The summed E-state index contributed by atoms with van der Waals surface area (Å²) < 4.78 is 0. The first-order valence-electron chi connectivity index (χ1n) is 2.55. The molecule has 0 heterocycles. The molecule has 0 radical (unpaired) electrons. The quantitative estimate of drug-likeness (QED) is 0.608. The maximum atomic E-state index is 3.76. The van der Waals surface area contributed by atoms with Crippen molar-refractivity contribution in [3.63, 3.8) is 0 Å². The van der Waals surface area contributed by atoms with Crippen molar-refractivity contribution in [3.05, 3.63) is 12.3 Å². The summed E-state index contributed by atoms with van der Waals surface area (Å²) in [5, 5.41) is 2.97. The second kappa shape index (κ2) is 5.04. The standard InChI is InChI=1S/C6H13N.H2S.H2/c1-5(2)6(3)7-4;;/h5,7H,3H2,1-2,4H3;1H2;1H. The van der Waals surface area contributed by atoms with E-state index in [-0.39, 0.29) is 14.9 Å². The van der Waals surface area contributed by atoms with Crippen molar-refractivity contribution in [3.8, 4) is 0 Å². The van der Waals surface area contributed by atoms with E-state index in [1.165, 1.54) is 0 Å². The largest absolute Gasteiger partial charge is 0.392 e. The van der Waals surface area contributed by atoms with Crippen LogP contribution in [0.5, 0.6) is 0 Å². The summed E-state index contributed by atoms with van der Waals surface area (Å²) in [4.78, 5) is 0. The fourth-order valence-electron chi connectivity index (χ4n) is 0.289. The molecule has 0 aromatic carbocycles. The van der Waals surface area contributed by atoms with Crippen molar-refractivity contribution in [1.29, 1.82) is 0 Å². The third kappa shape index (κ3) is 4.06. The zero-order valence-corrected chi connectivity index (χ0v) is 6.78. The van der Waals surface area contributed by atoms with Crippen molar-refractivity contribution < 1.29 is 1.43 Å². The van der Waals surface area contributed by atoms with E-state index in [2.05, 4.69) is 25.7 Å². The topological polar surface area (TPSA) is 12.0 Å². The summed E-state index contributed by atoms with van der Waals surface area (Å²) in [5.74, 6) is 0.560. The van der Waals surface area contributed by atoms with E-state index in [1.54, 1.807) is 0 Å². The minimum atomic E-state index is 0. The van der Waals surface area contributed by atoms with Crippen LogP contribution < -0.4 is 5.32 Å². The van der Waals surface area contributed by atoms with Gasteiger partial charge in [0, 0.05) is 14.2 Å². The van der Waals surface area contributed by atoms with Crippen LogP contribution in [0.4, 0.5) is 0 Å². The van der Waals surface area contributed by atoms with Crippen molar-refractivity contribution in [2.75, 3.05) is 7.05 Å². The van der Waals surface area contributed by atoms with Gasteiger partial charge in [0.1, 0.15) is 0 Å². The van der Waals surface area contributed by atoms with E-state index < -0.39 is 0 Å². The molecule has 8 heavy (non-hydrogen) atoms.